The minimum absolute atomic E-state index is 0.0856. The summed E-state index contributed by atoms with van der Waals surface area (Å²) in [5, 5.41) is 3.04. The molecular weight excluding hydrogens is 266 g/mol. The molecule has 1 fully saturated rings. The first kappa shape index (κ1) is 15.8. The van der Waals surface area contributed by atoms with Gasteiger partial charge >= 0.3 is 0 Å². The molecule has 5 heteroatoms. The monoisotopic (exact) mass is 291 g/mol. The molecule has 1 saturated heterocycles. The largest absolute Gasteiger partial charge is 0.352 e. The molecule has 0 aromatic carbocycles. The summed E-state index contributed by atoms with van der Waals surface area (Å²) in [6.45, 7) is 8.74. The Hall–Kier alpha value is -1.62. The van der Waals surface area contributed by atoms with Gasteiger partial charge in [0.2, 0.25) is 5.91 Å². The Labute approximate surface area is 126 Å². The van der Waals surface area contributed by atoms with Gasteiger partial charge in [-0.25, -0.2) is 0 Å². The molecule has 0 aliphatic carbocycles. The Bertz CT molecular complexity index is 537. The fourth-order valence-corrected chi connectivity index (χ4v) is 2.71. The standard InChI is InChI=1S/C16H25N3O2/c1-16(2,3)19-10-7-13(8-11-19)17-14(20)12-18-9-5-4-6-15(18)21/h4-6,9,13H,7-8,10-12H2,1-3H3,(H,17,20). The number of hydrogen-bond donors (Lipinski definition) is 1. The van der Waals surface area contributed by atoms with Crippen LogP contribution in [-0.2, 0) is 11.3 Å². The van der Waals surface area contributed by atoms with Crippen LogP contribution in [0.2, 0.25) is 0 Å². The molecule has 0 saturated carbocycles. The lowest BCUT2D eigenvalue weighted by atomic mass is 9.98. The van der Waals surface area contributed by atoms with Gasteiger partial charge < -0.3 is 9.88 Å². The van der Waals surface area contributed by atoms with Gasteiger partial charge in [-0.15, -0.1) is 0 Å². The van der Waals surface area contributed by atoms with Crippen molar-refractivity contribution >= 4 is 5.91 Å². The fraction of sp³-hybridized carbons (Fsp3) is 0.625. The summed E-state index contributed by atoms with van der Waals surface area (Å²) >= 11 is 0. The minimum atomic E-state index is -0.143. The molecule has 1 aliphatic heterocycles. The molecule has 1 aliphatic rings. The van der Waals surface area contributed by atoms with E-state index in [1.807, 2.05) is 0 Å². The van der Waals surface area contributed by atoms with E-state index in [4.69, 9.17) is 0 Å². The summed E-state index contributed by atoms with van der Waals surface area (Å²) < 4.78 is 1.43. The van der Waals surface area contributed by atoms with Crippen LogP contribution in [0.5, 0.6) is 0 Å². The van der Waals surface area contributed by atoms with Crippen LogP contribution in [0.15, 0.2) is 29.2 Å². The number of likely N-dealkylation sites (tertiary alicyclic amines) is 1. The van der Waals surface area contributed by atoms with E-state index in [9.17, 15) is 9.59 Å². The van der Waals surface area contributed by atoms with E-state index >= 15 is 0 Å². The summed E-state index contributed by atoms with van der Waals surface area (Å²) in [7, 11) is 0. The number of carbonyl (C=O) groups is 1. The molecule has 0 atom stereocenters. The first-order chi connectivity index (χ1) is 9.86. The third kappa shape index (κ3) is 4.43. The molecule has 2 rings (SSSR count). The predicted octanol–water partition coefficient (Wildman–Crippen LogP) is 1.23. The van der Waals surface area contributed by atoms with Gasteiger partial charge in [0.15, 0.2) is 0 Å². The second-order valence-corrected chi connectivity index (χ2v) is 6.67. The molecule has 21 heavy (non-hydrogen) atoms. The van der Waals surface area contributed by atoms with E-state index in [-0.39, 0.29) is 29.6 Å². The van der Waals surface area contributed by atoms with E-state index in [0.717, 1.165) is 25.9 Å². The maximum atomic E-state index is 12.0. The Morgan fingerprint density at radius 2 is 1.95 bits per heavy atom. The zero-order chi connectivity index (χ0) is 15.5. The van der Waals surface area contributed by atoms with Gasteiger partial charge in [0.25, 0.3) is 5.56 Å². The number of amides is 1. The summed E-state index contributed by atoms with van der Waals surface area (Å²) in [4.78, 5) is 26.0. The molecule has 116 valence electrons. The van der Waals surface area contributed by atoms with Gasteiger partial charge in [0, 0.05) is 36.9 Å². The maximum absolute atomic E-state index is 12.0. The molecule has 5 nitrogen and oxygen atoms in total. The summed E-state index contributed by atoms with van der Waals surface area (Å²) in [5.74, 6) is -0.0856. The lowest BCUT2D eigenvalue weighted by Gasteiger charge is -2.41. The third-order valence-electron chi connectivity index (χ3n) is 4.02. The van der Waals surface area contributed by atoms with Gasteiger partial charge in [0.05, 0.1) is 0 Å². The van der Waals surface area contributed by atoms with Crippen LogP contribution in [0, 0.1) is 0 Å². The topological polar surface area (TPSA) is 54.3 Å². The molecule has 1 N–H and O–H groups in total. The van der Waals surface area contributed by atoms with Gasteiger partial charge in [-0.3, -0.25) is 14.5 Å². The van der Waals surface area contributed by atoms with Gasteiger partial charge in [-0.05, 0) is 39.7 Å². The van der Waals surface area contributed by atoms with Crippen molar-refractivity contribution in [2.75, 3.05) is 13.1 Å². The molecule has 0 unspecified atom stereocenters. The Kier molecular flexibility index (Phi) is 4.83. The van der Waals surface area contributed by atoms with Crippen molar-refractivity contribution in [3.8, 4) is 0 Å². The highest BCUT2D eigenvalue weighted by Gasteiger charge is 2.27. The van der Waals surface area contributed by atoms with Crippen LogP contribution in [0.4, 0.5) is 0 Å². The molecule has 0 radical (unpaired) electrons. The van der Waals surface area contributed by atoms with Crippen molar-refractivity contribution in [1.82, 2.24) is 14.8 Å². The smallest absolute Gasteiger partial charge is 0.250 e. The van der Waals surface area contributed by atoms with Crippen molar-refractivity contribution in [3.05, 3.63) is 34.7 Å². The molecule has 0 spiro atoms. The molecule has 1 amide bonds. The highest BCUT2D eigenvalue weighted by molar-refractivity contribution is 5.76. The lowest BCUT2D eigenvalue weighted by molar-refractivity contribution is -0.122. The summed E-state index contributed by atoms with van der Waals surface area (Å²) in [5.41, 5.74) is 0.0435. The van der Waals surface area contributed by atoms with E-state index in [2.05, 4.69) is 31.0 Å². The highest BCUT2D eigenvalue weighted by atomic mass is 16.2. The van der Waals surface area contributed by atoms with Gasteiger partial charge in [-0.2, -0.15) is 0 Å². The number of rotatable bonds is 3. The molecule has 1 aromatic heterocycles. The average Bonchev–Trinajstić information content (AvgIpc) is 2.41. The van der Waals surface area contributed by atoms with E-state index in [0.29, 0.717) is 0 Å². The number of carbonyl (C=O) groups excluding carboxylic acids is 1. The van der Waals surface area contributed by atoms with Crippen molar-refractivity contribution in [3.63, 3.8) is 0 Å². The number of nitrogens with zero attached hydrogens (tertiary/aromatic N) is 2. The first-order valence-corrected chi connectivity index (χ1v) is 7.56. The van der Waals surface area contributed by atoms with Crippen LogP contribution < -0.4 is 10.9 Å². The van der Waals surface area contributed by atoms with Crippen molar-refractivity contribution < 1.29 is 4.79 Å². The summed E-state index contributed by atoms with van der Waals surface area (Å²) in [6.07, 6.45) is 3.57. The second kappa shape index (κ2) is 6.43. The zero-order valence-electron chi connectivity index (χ0n) is 13.1. The summed E-state index contributed by atoms with van der Waals surface area (Å²) in [6, 6.07) is 5.13. The number of hydrogen-bond acceptors (Lipinski definition) is 3. The second-order valence-electron chi connectivity index (χ2n) is 6.67. The van der Waals surface area contributed by atoms with Gasteiger partial charge in [-0.1, -0.05) is 6.07 Å². The number of nitrogens with one attached hydrogen (secondary N) is 1. The van der Waals surface area contributed by atoms with Crippen LogP contribution in [0.1, 0.15) is 33.6 Å². The van der Waals surface area contributed by atoms with Crippen molar-refractivity contribution in [1.29, 1.82) is 0 Å². The predicted molar refractivity (Wildman–Crippen MR) is 83.2 cm³/mol. The van der Waals surface area contributed by atoms with Crippen LogP contribution >= 0.6 is 0 Å². The van der Waals surface area contributed by atoms with Crippen molar-refractivity contribution in [2.24, 2.45) is 0 Å². The first-order valence-electron chi connectivity index (χ1n) is 7.56. The number of aromatic nitrogens is 1. The van der Waals surface area contributed by atoms with Crippen LogP contribution in [-0.4, -0.2) is 40.0 Å². The highest BCUT2D eigenvalue weighted by Crippen LogP contribution is 2.19. The Balaban J connectivity index is 1.83. The Morgan fingerprint density at radius 3 is 2.52 bits per heavy atom. The fourth-order valence-electron chi connectivity index (χ4n) is 2.71. The van der Waals surface area contributed by atoms with E-state index in [1.54, 1.807) is 18.3 Å². The minimum Gasteiger partial charge on any atom is -0.352 e. The van der Waals surface area contributed by atoms with Gasteiger partial charge in [0.1, 0.15) is 6.54 Å². The zero-order valence-corrected chi connectivity index (χ0v) is 13.1. The van der Waals surface area contributed by atoms with Crippen LogP contribution in [0.25, 0.3) is 0 Å². The molecule has 1 aromatic rings. The quantitative estimate of drug-likeness (QED) is 0.911. The van der Waals surface area contributed by atoms with Crippen LogP contribution in [0.3, 0.4) is 0 Å². The van der Waals surface area contributed by atoms with E-state index in [1.165, 1.54) is 10.6 Å². The number of pyridine rings is 1. The average molecular weight is 291 g/mol. The lowest BCUT2D eigenvalue weighted by Crippen LogP contribution is -2.51. The normalized spacial score (nSPS) is 17.7. The Morgan fingerprint density at radius 1 is 1.29 bits per heavy atom. The molecular formula is C16H25N3O2. The third-order valence-corrected chi connectivity index (χ3v) is 4.02. The number of piperidine rings is 1. The maximum Gasteiger partial charge on any atom is 0.250 e. The van der Waals surface area contributed by atoms with Crippen molar-refractivity contribution in [2.45, 2.75) is 51.7 Å². The van der Waals surface area contributed by atoms with E-state index < -0.39 is 0 Å². The SMILES string of the molecule is CC(C)(C)N1CCC(NC(=O)Cn2ccccc2=O)CC1. The molecule has 2 heterocycles. The molecule has 0 bridgehead atoms.